The number of furan rings is 1. The second-order valence-electron chi connectivity index (χ2n) is 6.09. The smallest absolute Gasteiger partial charge is 0.244 e. The van der Waals surface area contributed by atoms with E-state index in [0.29, 0.717) is 19.0 Å². The van der Waals surface area contributed by atoms with Gasteiger partial charge in [-0.3, -0.25) is 9.59 Å². The van der Waals surface area contributed by atoms with Gasteiger partial charge >= 0.3 is 0 Å². The van der Waals surface area contributed by atoms with Crippen molar-refractivity contribution in [1.82, 2.24) is 5.32 Å². The van der Waals surface area contributed by atoms with Crippen molar-refractivity contribution in [3.8, 4) is 0 Å². The van der Waals surface area contributed by atoms with Gasteiger partial charge in [-0.25, -0.2) is 0 Å². The largest absolute Gasteiger partial charge is 0.465 e. The molecule has 0 atom stereocenters. The maximum Gasteiger partial charge on any atom is 0.244 e. The molecule has 0 saturated carbocycles. The van der Waals surface area contributed by atoms with Crippen LogP contribution in [-0.4, -0.2) is 44.7 Å². The zero-order valence-corrected chi connectivity index (χ0v) is 15.0. The molecule has 0 aliphatic carbocycles. The SMILES string of the molecule is O=C(/C=C/c1ccco1)NCCC(=O)Nc1cccc(N2CCOCC2)c1. The van der Waals surface area contributed by atoms with Crippen LogP contribution in [0.15, 0.2) is 53.2 Å². The maximum atomic E-state index is 12.1. The average Bonchev–Trinajstić information content (AvgIpc) is 3.21. The molecule has 2 aromatic rings. The molecule has 0 radical (unpaired) electrons. The second kappa shape index (κ2) is 9.59. The van der Waals surface area contributed by atoms with E-state index in [4.69, 9.17) is 9.15 Å². The summed E-state index contributed by atoms with van der Waals surface area (Å²) < 4.78 is 10.5. The summed E-state index contributed by atoms with van der Waals surface area (Å²) in [7, 11) is 0. The van der Waals surface area contributed by atoms with Crippen molar-refractivity contribution in [3.63, 3.8) is 0 Å². The molecule has 0 unspecified atom stereocenters. The molecule has 3 rings (SSSR count). The van der Waals surface area contributed by atoms with Gasteiger partial charge < -0.3 is 24.7 Å². The van der Waals surface area contributed by atoms with Crippen LogP contribution in [0, 0.1) is 0 Å². The number of carbonyl (C=O) groups is 2. The molecule has 7 nitrogen and oxygen atoms in total. The molecule has 1 aromatic heterocycles. The molecule has 142 valence electrons. The quantitative estimate of drug-likeness (QED) is 0.732. The van der Waals surface area contributed by atoms with Crippen molar-refractivity contribution in [2.75, 3.05) is 43.1 Å². The second-order valence-corrected chi connectivity index (χ2v) is 6.09. The molecule has 7 heteroatoms. The topological polar surface area (TPSA) is 83.8 Å². The zero-order chi connectivity index (χ0) is 18.9. The van der Waals surface area contributed by atoms with E-state index in [2.05, 4.69) is 15.5 Å². The predicted octanol–water partition coefficient (Wildman–Crippen LogP) is 2.27. The Labute approximate surface area is 158 Å². The lowest BCUT2D eigenvalue weighted by atomic mass is 10.2. The van der Waals surface area contributed by atoms with Gasteiger partial charge in [-0.05, 0) is 36.4 Å². The predicted molar refractivity (Wildman–Crippen MR) is 103 cm³/mol. The number of morpholine rings is 1. The Morgan fingerprint density at radius 2 is 2.00 bits per heavy atom. The fourth-order valence-corrected chi connectivity index (χ4v) is 2.73. The summed E-state index contributed by atoms with van der Waals surface area (Å²) >= 11 is 0. The van der Waals surface area contributed by atoms with Gasteiger partial charge in [-0.15, -0.1) is 0 Å². The van der Waals surface area contributed by atoms with Gasteiger partial charge in [0.1, 0.15) is 5.76 Å². The Hall–Kier alpha value is -3.06. The number of anilines is 2. The average molecular weight is 369 g/mol. The number of hydrogen-bond donors (Lipinski definition) is 2. The minimum atomic E-state index is -0.270. The first kappa shape index (κ1) is 18.7. The standard InChI is InChI=1S/C20H23N3O4/c24-19(7-6-18-5-2-12-27-18)21-9-8-20(25)22-16-3-1-4-17(15-16)23-10-13-26-14-11-23/h1-7,12,15H,8-11,13-14H2,(H,21,24)(H,22,25)/b7-6+. The van der Waals surface area contributed by atoms with Crippen LogP contribution < -0.4 is 15.5 Å². The van der Waals surface area contributed by atoms with Crippen molar-refractivity contribution < 1.29 is 18.7 Å². The highest BCUT2D eigenvalue weighted by atomic mass is 16.5. The molecule has 1 aliphatic heterocycles. The van der Waals surface area contributed by atoms with Crippen molar-refractivity contribution in [2.24, 2.45) is 0 Å². The van der Waals surface area contributed by atoms with Crippen LogP contribution in [-0.2, 0) is 14.3 Å². The molecule has 1 aromatic carbocycles. The molecule has 27 heavy (non-hydrogen) atoms. The number of hydrogen-bond acceptors (Lipinski definition) is 5. The highest BCUT2D eigenvalue weighted by molar-refractivity contribution is 5.93. The summed E-state index contributed by atoms with van der Waals surface area (Å²) in [6.45, 7) is 3.37. The number of nitrogens with zero attached hydrogens (tertiary/aromatic N) is 1. The van der Waals surface area contributed by atoms with Crippen molar-refractivity contribution >= 4 is 29.3 Å². The van der Waals surface area contributed by atoms with E-state index in [1.54, 1.807) is 18.2 Å². The molecule has 0 spiro atoms. The molecule has 2 heterocycles. The van der Waals surface area contributed by atoms with Crippen LogP contribution in [0.5, 0.6) is 0 Å². The molecule has 2 N–H and O–H groups in total. The van der Waals surface area contributed by atoms with Crippen LogP contribution in [0.3, 0.4) is 0 Å². The molecule has 1 saturated heterocycles. The Balaban J connectivity index is 1.42. The Kier molecular flexibility index (Phi) is 6.65. The van der Waals surface area contributed by atoms with E-state index in [0.717, 1.165) is 24.5 Å². The van der Waals surface area contributed by atoms with Crippen LogP contribution in [0.2, 0.25) is 0 Å². The fourth-order valence-electron chi connectivity index (χ4n) is 2.73. The summed E-state index contributed by atoms with van der Waals surface area (Å²) in [5.41, 5.74) is 1.81. The highest BCUT2D eigenvalue weighted by Gasteiger charge is 2.12. The normalized spacial score (nSPS) is 14.3. The monoisotopic (exact) mass is 369 g/mol. The molecule has 2 amide bonds. The number of rotatable bonds is 7. The lowest BCUT2D eigenvalue weighted by Gasteiger charge is -2.29. The lowest BCUT2D eigenvalue weighted by Crippen LogP contribution is -2.36. The number of amides is 2. The first-order valence-corrected chi connectivity index (χ1v) is 8.93. The van der Waals surface area contributed by atoms with E-state index in [1.807, 2.05) is 24.3 Å². The number of ether oxygens (including phenoxy) is 1. The fraction of sp³-hybridized carbons (Fsp3) is 0.300. The van der Waals surface area contributed by atoms with Gasteiger partial charge in [0.25, 0.3) is 0 Å². The van der Waals surface area contributed by atoms with Crippen LogP contribution in [0.25, 0.3) is 6.08 Å². The van der Waals surface area contributed by atoms with E-state index in [1.165, 1.54) is 12.3 Å². The molecular weight excluding hydrogens is 346 g/mol. The lowest BCUT2D eigenvalue weighted by molar-refractivity contribution is -0.117. The Morgan fingerprint density at radius 3 is 2.78 bits per heavy atom. The minimum Gasteiger partial charge on any atom is -0.465 e. The summed E-state index contributed by atoms with van der Waals surface area (Å²) in [6, 6.07) is 11.2. The summed E-state index contributed by atoms with van der Waals surface area (Å²) in [5.74, 6) is 0.181. The van der Waals surface area contributed by atoms with E-state index < -0.39 is 0 Å². The van der Waals surface area contributed by atoms with Gasteiger partial charge in [0, 0.05) is 43.5 Å². The highest BCUT2D eigenvalue weighted by Crippen LogP contribution is 2.20. The number of nitrogens with one attached hydrogen (secondary N) is 2. The third kappa shape index (κ3) is 6.00. The van der Waals surface area contributed by atoms with Crippen molar-refractivity contribution in [1.29, 1.82) is 0 Å². The third-order valence-corrected chi connectivity index (χ3v) is 4.10. The van der Waals surface area contributed by atoms with Crippen LogP contribution in [0.1, 0.15) is 12.2 Å². The molecule has 1 fully saturated rings. The van der Waals surface area contributed by atoms with E-state index >= 15 is 0 Å². The van der Waals surface area contributed by atoms with Crippen molar-refractivity contribution in [3.05, 3.63) is 54.5 Å². The zero-order valence-electron chi connectivity index (χ0n) is 15.0. The minimum absolute atomic E-state index is 0.149. The maximum absolute atomic E-state index is 12.1. The first-order valence-electron chi connectivity index (χ1n) is 8.93. The van der Waals surface area contributed by atoms with Gasteiger partial charge in [0.05, 0.1) is 19.5 Å². The van der Waals surface area contributed by atoms with Crippen LogP contribution >= 0.6 is 0 Å². The summed E-state index contributed by atoms with van der Waals surface area (Å²) in [5, 5.41) is 5.54. The summed E-state index contributed by atoms with van der Waals surface area (Å²) in [6.07, 6.45) is 4.69. The van der Waals surface area contributed by atoms with E-state index in [-0.39, 0.29) is 24.8 Å². The van der Waals surface area contributed by atoms with E-state index in [9.17, 15) is 9.59 Å². The molecule has 0 bridgehead atoms. The van der Waals surface area contributed by atoms with Gasteiger partial charge in [-0.1, -0.05) is 6.07 Å². The van der Waals surface area contributed by atoms with Crippen LogP contribution in [0.4, 0.5) is 11.4 Å². The Bertz CT molecular complexity index is 780. The summed E-state index contributed by atoms with van der Waals surface area (Å²) in [4.78, 5) is 26.0. The third-order valence-electron chi connectivity index (χ3n) is 4.10. The first-order chi connectivity index (χ1) is 13.2. The van der Waals surface area contributed by atoms with Gasteiger partial charge in [0.2, 0.25) is 11.8 Å². The van der Waals surface area contributed by atoms with Crippen molar-refractivity contribution in [2.45, 2.75) is 6.42 Å². The Morgan fingerprint density at radius 1 is 1.15 bits per heavy atom. The number of carbonyl (C=O) groups excluding carboxylic acids is 2. The molecular formula is C20H23N3O4. The van der Waals surface area contributed by atoms with Gasteiger partial charge in [-0.2, -0.15) is 0 Å². The van der Waals surface area contributed by atoms with Gasteiger partial charge in [0.15, 0.2) is 0 Å². The number of benzene rings is 1. The molecule has 1 aliphatic rings.